The normalized spacial score (nSPS) is 17.1. The van der Waals surface area contributed by atoms with Crippen LogP contribution in [-0.4, -0.2) is 41.4 Å². The SMILES string of the molecule is Cc1c(-c2ccccc2)sc2ncn(CC(=O)N(c3ccccc3)[C@@H]3CCS(=O)(=O)C3)c(=O)c12. The van der Waals surface area contributed by atoms with Gasteiger partial charge in [-0.3, -0.25) is 14.2 Å². The molecule has 9 heteroatoms. The Morgan fingerprint density at radius 1 is 1.12 bits per heavy atom. The number of sulfone groups is 1. The first-order chi connectivity index (χ1) is 16.3. The van der Waals surface area contributed by atoms with Crippen molar-refractivity contribution in [1.29, 1.82) is 0 Å². The van der Waals surface area contributed by atoms with E-state index in [9.17, 15) is 18.0 Å². The highest BCUT2D eigenvalue weighted by Gasteiger charge is 2.35. The molecule has 0 saturated carbocycles. The summed E-state index contributed by atoms with van der Waals surface area (Å²) in [6.07, 6.45) is 1.78. The number of aryl methyl sites for hydroxylation is 1. The lowest BCUT2D eigenvalue weighted by atomic mass is 10.1. The monoisotopic (exact) mass is 493 g/mol. The van der Waals surface area contributed by atoms with Gasteiger partial charge in [-0.2, -0.15) is 0 Å². The van der Waals surface area contributed by atoms with Crippen LogP contribution in [0.15, 0.2) is 71.8 Å². The van der Waals surface area contributed by atoms with Crippen LogP contribution in [0.4, 0.5) is 5.69 Å². The molecule has 1 fully saturated rings. The van der Waals surface area contributed by atoms with Crippen LogP contribution in [0.5, 0.6) is 0 Å². The van der Waals surface area contributed by atoms with Crippen molar-refractivity contribution in [2.45, 2.75) is 25.9 Å². The molecule has 0 aliphatic carbocycles. The molecule has 0 unspecified atom stereocenters. The third-order valence-electron chi connectivity index (χ3n) is 6.14. The lowest BCUT2D eigenvalue weighted by Crippen LogP contribution is -2.44. The number of benzene rings is 2. The molecule has 174 valence electrons. The number of thiophene rings is 1. The fourth-order valence-corrected chi connectivity index (χ4v) is 7.33. The number of nitrogens with zero attached hydrogens (tertiary/aromatic N) is 3. The third-order valence-corrected chi connectivity index (χ3v) is 9.13. The van der Waals surface area contributed by atoms with Crippen molar-refractivity contribution in [2.24, 2.45) is 0 Å². The van der Waals surface area contributed by atoms with Crippen LogP contribution >= 0.6 is 11.3 Å². The number of hydrogen-bond acceptors (Lipinski definition) is 6. The second-order valence-electron chi connectivity index (χ2n) is 8.44. The molecule has 2 aromatic carbocycles. The van der Waals surface area contributed by atoms with Crippen molar-refractivity contribution in [3.63, 3.8) is 0 Å². The maximum absolute atomic E-state index is 13.5. The maximum atomic E-state index is 13.5. The standard InChI is InChI=1S/C25H23N3O4S2/c1-17-22-24(33-23(17)18-8-4-2-5-9-18)26-16-27(25(22)30)14-21(29)28(19-10-6-3-7-11-19)20-12-13-34(31,32)15-20/h2-11,16,20H,12-15H2,1H3/t20-/m1/s1. The molecule has 2 aromatic heterocycles. The molecule has 0 radical (unpaired) electrons. The molecule has 4 aromatic rings. The predicted molar refractivity (Wildman–Crippen MR) is 135 cm³/mol. The quantitative estimate of drug-likeness (QED) is 0.423. The van der Waals surface area contributed by atoms with Gasteiger partial charge in [-0.15, -0.1) is 11.3 Å². The number of carbonyl (C=O) groups excluding carboxylic acids is 1. The third kappa shape index (κ3) is 4.17. The molecule has 0 bridgehead atoms. The maximum Gasteiger partial charge on any atom is 0.262 e. The van der Waals surface area contributed by atoms with Gasteiger partial charge in [0.05, 0.1) is 29.3 Å². The fraction of sp³-hybridized carbons (Fsp3) is 0.240. The van der Waals surface area contributed by atoms with Crippen LogP contribution in [0.3, 0.4) is 0 Å². The second kappa shape index (κ2) is 8.81. The highest BCUT2D eigenvalue weighted by molar-refractivity contribution is 7.91. The van der Waals surface area contributed by atoms with Crippen LogP contribution in [-0.2, 0) is 21.2 Å². The van der Waals surface area contributed by atoms with Gasteiger partial charge in [0.15, 0.2) is 9.84 Å². The van der Waals surface area contributed by atoms with Crippen molar-refractivity contribution < 1.29 is 13.2 Å². The van der Waals surface area contributed by atoms with Gasteiger partial charge in [-0.25, -0.2) is 13.4 Å². The largest absolute Gasteiger partial charge is 0.307 e. The second-order valence-corrected chi connectivity index (χ2v) is 11.7. The average Bonchev–Trinajstić information content (AvgIpc) is 3.36. The van der Waals surface area contributed by atoms with Gasteiger partial charge in [-0.1, -0.05) is 48.5 Å². The van der Waals surface area contributed by atoms with E-state index in [1.165, 1.54) is 27.1 Å². The Labute approximate surface area is 201 Å². The molecule has 5 rings (SSSR count). The minimum Gasteiger partial charge on any atom is -0.307 e. The van der Waals surface area contributed by atoms with E-state index in [0.717, 1.165) is 16.0 Å². The summed E-state index contributed by atoms with van der Waals surface area (Å²) in [5.41, 5.74) is 2.20. The van der Waals surface area contributed by atoms with Crippen LogP contribution in [0.25, 0.3) is 20.7 Å². The number of hydrogen-bond donors (Lipinski definition) is 0. The molecule has 0 spiro atoms. The summed E-state index contributed by atoms with van der Waals surface area (Å²) in [6, 6.07) is 18.4. The minimum atomic E-state index is -3.19. The van der Waals surface area contributed by atoms with E-state index in [-0.39, 0.29) is 29.5 Å². The van der Waals surface area contributed by atoms with Crippen molar-refractivity contribution in [3.8, 4) is 10.4 Å². The predicted octanol–water partition coefficient (Wildman–Crippen LogP) is 3.65. The Morgan fingerprint density at radius 2 is 1.79 bits per heavy atom. The van der Waals surface area contributed by atoms with E-state index in [0.29, 0.717) is 22.3 Å². The highest BCUT2D eigenvalue weighted by Crippen LogP contribution is 2.35. The molecule has 1 amide bonds. The van der Waals surface area contributed by atoms with E-state index >= 15 is 0 Å². The van der Waals surface area contributed by atoms with Crippen molar-refractivity contribution in [1.82, 2.24) is 9.55 Å². The van der Waals surface area contributed by atoms with Gasteiger partial charge in [0, 0.05) is 10.6 Å². The van der Waals surface area contributed by atoms with Gasteiger partial charge < -0.3 is 4.90 Å². The lowest BCUT2D eigenvalue weighted by Gasteiger charge is -2.28. The summed E-state index contributed by atoms with van der Waals surface area (Å²) in [7, 11) is -3.19. The zero-order valence-electron chi connectivity index (χ0n) is 18.5. The Kier molecular flexibility index (Phi) is 5.83. The highest BCUT2D eigenvalue weighted by atomic mass is 32.2. The minimum absolute atomic E-state index is 0.0537. The number of amides is 1. The van der Waals surface area contributed by atoms with E-state index in [2.05, 4.69) is 4.98 Å². The van der Waals surface area contributed by atoms with E-state index in [1.54, 1.807) is 24.3 Å². The molecule has 0 N–H and O–H groups in total. The summed E-state index contributed by atoms with van der Waals surface area (Å²) in [5.74, 6) is -0.366. The summed E-state index contributed by atoms with van der Waals surface area (Å²) in [4.78, 5) is 34.4. The Balaban J connectivity index is 1.51. The van der Waals surface area contributed by atoms with E-state index < -0.39 is 15.9 Å². The number of aromatic nitrogens is 2. The number of anilines is 1. The smallest absolute Gasteiger partial charge is 0.262 e. The Morgan fingerprint density at radius 3 is 2.44 bits per heavy atom. The first kappa shape index (κ1) is 22.5. The van der Waals surface area contributed by atoms with Crippen LogP contribution in [0, 0.1) is 6.92 Å². The summed E-state index contributed by atoms with van der Waals surface area (Å²) < 4.78 is 25.5. The average molecular weight is 494 g/mol. The molecule has 3 heterocycles. The van der Waals surface area contributed by atoms with E-state index in [4.69, 9.17) is 0 Å². The molecular weight excluding hydrogens is 470 g/mol. The number of para-hydroxylation sites is 1. The van der Waals surface area contributed by atoms with Gasteiger partial charge in [-0.05, 0) is 36.6 Å². The number of fused-ring (bicyclic) bond motifs is 1. The van der Waals surface area contributed by atoms with Crippen LogP contribution in [0.1, 0.15) is 12.0 Å². The first-order valence-corrected chi connectivity index (χ1v) is 13.6. The van der Waals surface area contributed by atoms with Gasteiger partial charge >= 0.3 is 0 Å². The number of rotatable bonds is 5. The number of carbonyl (C=O) groups is 1. The summed E-state index contributed by atoms with van der Waals surface area (Å²) in [6.45, 7) is 1.68. The lowest BCUT2D eigenvalue weighted by molar-refractivity contribution is -0.119. The molecule has 1 aliphatic heterocycles. The molecule has 1 atom stereocenters. The van der Waals surface area contributed by atoms with Crippen molar-refractivity contribution in [2.75, 3.05) is 16.4 Å². The van der Waals surface area contributed by atoms with Gasteiger partial charge in [0.25, 0.3) is 5.56 Å². The molecule has 34 heavy (non-hydrogen) atoms. The summed E-state index contributed by atoms with van der Waals surface area (Å²) in [5, 5.41) is 0.508. The van der Waals surface area contributed by atoms with Crippen molar-refractivity contribution in [3.05, 3.63) is 82.9 Å². The van der Waals surface area contributed by atoms with E-state index in [1.807, 2.05) is 43.3 Å². The zero-order chi connectivity index (χ0) is 23.9. The Hall–Kier alpha value is -3.30. The van der Waals surface area contributed by atoms with Crippen molar-refractivity contribution >= 4 is 43.0 Å². The zero-order valence-corrected chi connectivity index (χ0v) is 20.2. The Bertz CT molecular complexity index is 1530. The molecule has 1 aliphatic rings. The summed E-state index contributed by atoms with van der Waals surface area (Å²) >= 11 is 1.46. The fourth-order valence-electron chi connectivity index (χ4n) is 4.48. The topological polar surface area (TPSA) is 89.3 Å². The van der Waals surface area contributed by atoms with Gasteiger partial charge in [0.1, 0.15) is 11.4 Å². The molecule has 1 saturated heterocycles. The van der Waals surface area contributed by atoms with Crippen LogP contribution in [0.2, 0.25) is 0 Å². The molecular formula is C25H23N3O4S2. The first-order valence-electron chi connectivity index (χ1n) is 11.0. The van der Waals surface area contributed by atoms with Crippen LogP contribution < -0.4 is 10.5 Å². The molecule has 7 nitrogen and oxygen atoms in total. The van der Waals surface area contributed by atoms with Gasteiger partial charge in [0.2, 0.25) is 5.91 Å².